The van der Waals surface area contributed by atoms with Crippen molar-refractivity contribution in [2.24, 2.45) is 0 Å². The summed E-state index contributed by atoms with van der Waals surface area (Å²) in [6.07, 6.45) is 3.69. The number of carbonyl (C=O) groups is 2. The molecule has 0 radical (unpaired) electrons. The summed E-state index contributed by atoms with van der Waals surface area (Å²) in [5.41, 5.74) is 1.78. The van der Waals surface area contributed by atoms with Crippen LogP contribution in [-0.2, 0) is 16.0 Å². The number of hydrogen-bond donors (Lipinski definition) is 0. The minimum Gasteiger partial charge on any atom is -0.286 e. The lowest BCUT2D eigenvalue weighted by Crippen LogP contribution is -2.21. The first kappa shape index (κ1) is 9.60. The minimum absolute atomic E-state index is 0.348. The fourth-order valence-electron chi connectivity index (χ4n) is 1.91. The van der Waals surface area contributed by atoms with Gasteiger partial charge in [-0.25, -0.2) is 0 Å². The van der Waals surface area contributed by atoms with Crippen molar-refractivity contribution in [1.29, 1.82) is 0 Å². The number of allylic oxidation sites excluding steroid dienone is 3. The molecule has 0 amide bonds. The molecular weight excluding hydrogens is 220 g/mol. The molecule has 0 bridgehead atoms. The number of benzene rings is 1. The highest BCUT2D eigenvalue weighted by molar-refractivity contribution is 8.03. The summed E-state index contributed by atoms with van der Waals surface area (Å²) in [4.78, 5) is 25.1. The smallest absolute Gasteiger partial charge is 0.230 e. The fraction of sp³-hybridized carbons (Fsp3) is 0.0769. The maximum Gasteiger partial charge on any atom is 0.230 e. The molecule has 0 saturated heterocycles. The third kappa shape index (κ3) is 1.36. The van der Waals surface area contributed by atoms with Crippen LogP contribution >= 0.6 is 11.8 Å². The van der Waals surface area contributed by atoms with E-state index in [1.54, 1.807) is 17.8 Å². The zero-order valence-electron chi connectivity index (χ0n) is 8.40. The summed E-state index contributed by atoms with van der Waals surface area (Å²) in [6, 6.07) is 7.98. The SMILES string of the molecule is O=C1C=CC2=C(Cc3ccccc3S2)C1=O. The van der Waals surface area contributed by atoms with Gasteiger partial charge < -0.3 is 0 Å². The summed E-state index contributed by atoms with van der Waals surface area (Å²) >= 11 is 1.57. The molecule has 0 fully saturated rings. The first-order valence-electron chi connectivity index (χ1n) is 5.01. The number of rotatable bonds is 0. The van der Waals surface area contributed by atoms with Crippen LogP contribution in [0.2, 0.25) is 0 Å². The molecule has 2 nitrogen and oxygen atoms in total. The van der Waals surface area contributed by atoms with Gasteiger partial charge in [0, 0.05) is 21.8 Å². The Morgan fingerprint density at radius 1 is 1.06 bits per heavy atom. The molecular formula is C13H8O2S. The van der Waals surface area contributed by atoms with Crippen LogP contribution in [-0.4, -0.2) is 11.6 Å². The normalized spacial score (nSPS) is 18.5. The Morgan fingerprint density at radius 3 is 2.75 bits per heavy atom. The molecule has 0 spiro atoms. The van der Waals surface area contributed by atoms with E-state index in [4.69, 9.17) is 0 Å². The summed E-state index contributed by atoms with van der Waals surface area (Å²) in [5.74, 6) is -0.752. The van der Waals surface area contributed by atoms with E-state index in [0.29, 0.717) is 12.0 Å². The van der Waals surface area contributed by atoms with Gasteiger partial charge in [0.15, 0.2) is 0 Å². The van der Waals surface area contributed by atoms with Crippen LogP contribution in [0.25, 0.3) is 0 Å². The Kier molecular flexibility index (Phi) is 2.07. The highest BCUT2D eigenvalue weighted by atomic mass is 32.2. The average Bonchev–Trinajstić information content (AvgIpc) is 2.32. The molecule has 0 N–H and O–H groups in total. The van der Waals surface area contributed by atoms with Crippen molar-refractivity contribution >= 4 is 23.3 Å². The van der Waals surface area contributed by atoms with Gasteiger partial charge in [-0.2, -0.15) is 0 Å². The summed E-state index contributed by atoms with van der Waals surface area (Å²) < 4.78 is 0. The zero-order chi connectivity index (χ0) is 11.1. The molecule has 0 atom stereocenters. The van der Waals surface area contributed by atoms with Crippen molar-refractivity contribution in [3.63, 3.8) is 0 Å². The van der Waals surface area contributed by atoms with E-state index in [9.17, 15) is 9.59 Å². The Bertz CT molecular complexity index is 567. The van der Waals surface area contributed by atoms with Crippen LogP contribution in [0.15, 0.2) is 51.8 Å². The first-order chi connectivity index (χ1) is 7.75. The highest BCUT2D eigenvalue weighted by Gasteiger charge is 2.28. The standard InChI is InChI=1S/C13H8O2S/c14-10-5-6-12-9(13(10)15)7-8-3-1-2-4-11(8)16-12/h1-6H,7H2. The summed E-state index contributed by atoms with van der Waals surface area (Å²) in [6.45, 7) is 0. The lowest BCUT2D eigenvalue weighted by Gasteiger charge is -2.21. The predicted octanol–water partition coefficient (Wildman–Crippen LogP) is 2.30. The summed E-state index contributed by atoms with van der Waals surface area (Å²) in [5, 5.41) is 0. The van der Waals surface area contributed by atoms with Gasteiger partial charge in [0.25, 0.3) is 0 Å². The average molecular weight is 228 g/mol. The van der Waals surface area contributed by atoms with Gasteiger partial charge in [-0.3, -0.25) is 9.59 Å². The Labute approximate surface area is 97.0 Å². The molecule has 0 unspecified atom stereocenters. The van der Waals surface area contributed by atoms with Crippen LogP contribution < -0.4 is 0 Å². The van der Waals surface area contributed by atoms with Crippen LogP contribution in [0.5, 0.6) is 0 Å². The van der Waals surface area contributed by atoms with E-state index >= 15 is 0 Å². The van der Waals surface area contributed by atoms with Crippen molar-refractivity contribution in [3.05, 3.63) is 52.5 Å². The predicted molar refractivity (Wildman–Crippen MR) is 62.2 cm³/mol. The van der Waals surface area contributed by atoms with Crippen molar-refractivity contribution in [1.82, 2.24) is 0 Å². The molecule has 1 aliphatic carbocycles. The number of fused-ring (bicyclic) bond motifs is 1. The van der Waals surface area contributed by atoms with Crippen LogP contribution in [0.1, 0.15) is 5.56 Å². The maximum absolute atomic E-state index is 11.7. The number of Topliss-reactive ketones (excluding diaryl/α,β-unsaturated/α-hetero) is 1. The quantitative estimate of drug-likeness (QED) is 0.504. The highest BCUT2D eigenvalue weighted by Crippen LogP contribution is 2.40. The largest absolute Gasteiger partial charge is 0.286 e. The molecule has 2 aliphatic rings. The van der Waals surface area contributed by atoms with Crippen molar-refractivity contribution in [3.8, 4) is 0 Å². The second-order valence-corrected chi connectivity index (χ2v) is 4.84. The van der Waals surface area contributed by atoms with E-state index in [-0.39, 0.29) is 5.78 Å². The first-order valence-corrected chi connectivity index (χ1v) is 5.83. The molecule has 16 heavy (non-hydrogen) atoms. The third-order valence-corrected chi connectivity index (χ3v) is 3.96. The van der Waals surface area contributed by atoms with Crippen LogP contribution in [0.3, 0.4) is 0 Å². The van der Waals surface area contributed by atoms with Crippen molar-refractivity contribution in [2.75, 3.05) is 0 Å². The molecule has 0 aromatic heterocycles. The van der Waals surface area contributed by atoms with Gasteiger partial charge in [0.1, 0.15) is 0 Å². The number of carbonyl (C=O) groups excluding carboxylic acids is 2. The molecule has 78 valence electrons. The van der Waals surface area contributed by atoms with Gasteiger partial charge >= 0.3 is 0 Å². The lowest BCUT2D eigenvalue weighted by molar-refractivity contribution is -0.131. The zero-order valence-corrected chi connectivity index (χ0v) is 9.21. The van der Waals surface area contributed by atoms with Gasteiger partial charge in [-0.1, -0.05) is 30.0 Å². The minimum atomic E-state index is -0.404. The van der Waals surface area contributed by atoms with Gasteiger partial charge in [0.2, 0.25) is 11.6 Å². The topological polar surface area (TPSA) is 34.1 Å². The molecule has 1 aliphatic heterocycles. The molecule has 3 rings (SSSR count). The van der Waals surface area contributed by atoms with Gasteiger partial charge in [-0.05, 0) is 23.8 Å². The number of thioether (sulfide) groups is 1. The Balaban J connectivity index is 2.09. The molecule has 1 heterocycles. The van der Waals surface area contributed by atoms with Gasteiger partial charge in [-0.15, -0.1) is 0 Å². The molecule has 1 aromatic carbocycles. The third-order valence-electron chi connectivity index (χ3n) is 2.74. The summed E-state index contributed by atoms with van der Waals surface area (Å²) in [7, 11) is 0. The van der Waals surface area contributed by atoms with Crippen molar-refractivity contribution in [2.45, 2.75) is 11.3 Å². The Hall–Kier alpha value is -1.61. The maximum atomic E-state index is 11.7. The Morgan fingerprint density at radius 2 is 1.88 bits per heavy atom. The fourth-order valence-corrected chi connectivity index (χ4v) is 2.99. The van der Waals surface area contributed by atoms with E-state index in [1.807, 2.05) is 24.3 Å². The van der Waals surface area contributed by atoms with Crippen molar-refractivity contribution < 1.29 is 9.59 Å². The monoisotopic (exact) mass is 228 g/mol. The van der Waals surface area contributed by atoms with Crippen LogP contribution in [0.4, 0.5) is 0 Å². The van der Waals surface area contributed by atoms with E-state index in [0.717, 1.165) is 10.5 Å². The molecule has 3 heteroatoms. The second kappa shape index (κ2) is 3.46. The molecule has 0 saturated carbocycles. The van der Waals surface area contributed by atoms with E-state index < -0.39 is 5.78 Å². The van der Waals surface area contributed by atoms with E-state index in [1.165, 1.54) is 11.0 Å². The lowest BCUT2D eigenvalue weighted by atomic mass is 9.95. The van der Waals surface area contributed by atoms with Crippen LogP contribution in [0, 0.1) is 0 Å². The van der Waals surface area contributed by atoms with Gasteiger partial charge in [0.05, 0.1) is 0 Å². The second-order valence-electron chi connectivity index (χ2n) is 3.76. The molecule has 1 aromatic rings. The number of ketones is 2. The van der Waals surface area contributed by atoms with E-state index in [2.05, 4.69) is 0 Å². The number of hydrogen-bond acceptors (Lipinski definition) is 3.